The SMILES string of the molecule is C[NH+](C)Cc1cn(C[C@H]2C[C@H]3CC[NH+]2C[C@@H]3C(=O)Nc2ccccc2)nn1. The Hall–Kier alpha value is -2.25. The summed E-state index contributed by atoms with van der Waals surface area (Å²) in [6, 6.07) is 10.3. The van der Waals surface area contributed by atoms with Gasteiger partial charge in [0.05, 0.1) is 45.8 Å². The smallest absolute Gasteiger partial charge is 0.233 e. The van der Waals surface area contributed by atoms with Crippen molar-refractivity contribution in [2.75, 3.05) is 32.5 Å². The molecule has 1 amide bonds. The van der Waals surface area contributed by atoms with Crippen molar-refractivity contribution in [1.82, 2.24) is 15.0 Å². The fourth-order valence-corrected chi connectivity index (χ4v) is 4.67. The molecule has 3 N–H and O–H groups in total. The second kappa shape index (κ2) is 7.78. The Labute approximate surface area is 160 Å². The number of benzene rings is 1. The van der Waals surface area contributed by atoms with E-state index in [0.29, 0.717) is 12.0 Å². The lowest BCUT2D eigenvalue weighted by Crippen LogP contribution is -3.20. The predicted octanol–water partition coefficient (Wildman–Crippen LogP) is -1.15. The molecule has 1 unspecified atom stereocenters. The van der Waals surface area contributed by atoms with E-state index >= 15 is 0 Å². The summed E-state index contributed by atoms with van der Waals surface area (Å²) in [6.07, 6.45) is 4.32. The first-order valence-corrected chi connectivity index (χ1v) is 9.97. The number of amides is 1. The third kappa shape index (κ3) is 4.20. The third-order valence-electron chi connectivity index (χ3n) is 5.96. The van der Waals surface area contributed by atoms with Gasteiger partial charge in [0.1, 0.15) is 18.3 Å². The number of hydrogen-bond donors (Lipinski definition) is 3. The van der Waals surface area contributed by atoms with Gasteiger partial charge in [0.2, 0.25) is 5.91 Å². The number of carbonyl (C=O) groups excluding carboxylic acids is 1. The highest BCUT2D eigenvalue weighted by Crippen LogP contribution is 2.28. The third-order valence-corrected chi connectivity index (χ3v) is 5.96. The number of anilines is 1. The summed E-state index contributed by atoms with van der Waals surface area (Å²) in [5.74, 6) is 0.776. The highest BCUT2D eigenvalue weighted by molar-refractivity contribution is 5.92. The molecule has 144 valence electrons. The summed E-state index contributed by atoms with van der Waals surface area (Å²) in [6.45, 7) is 3.88. The molecule has 4 atom stereocenters. The van der Waals surface area contributed by atoms with Crippen LogP contribution in [0.1, 0.15) is 18.5 Å². The van der Waals surface area contributed by atoms with Gasteiger partial charge in [-0.2, -0.15) is 0 Å². The number of nitrogens with one attached hydrogen (secondary N) is 3. The largest absolute Gasteiger partial charge is 0.335 e. The molecule has 3 aliphatic heterocycles. The van der Waals surface area contributed by atoms with Gasteiger partial charge in [-0.1, -0.05) is 23.4 Å². The molecular weight excluding hydrogens is 340 g/mol. The van der Waals surface area contributed by atoms with E-state index in [-0.39, 0.29) is 11.8 Å². The molecule has 0 radical (unpaired) electrons. The van der Waals surface area contributed by atoms with E-state index in [9.17, 15) is 4.79 Å². The van der Waals surface area contributed by atoms with Crippen LogP contribution in [-0.2, 0) is 17.9 Å². The van der Waals surface area contributed by atoms with E-state index in [1.165, 1.54) is 4.90 Å². The number of rotatable bonds is 6. The minimum absolute atomic E-state index is 0.119. The van der Waals surface area contributed by atoms with E-state index in [1.807, 2.05) is 35.0 Å². The van der Waals surface area contributed by atoms with Gasteiger partial charge < -0.3 is 15.1 Å². The first-order chi connectivity index (χ1) is 13.1. The summed E-state index contributed by atoms with van der Waals surface area (Å²) in [5.41, 5.74) is 1.93. The van der Waals surface area contributed by atoms with Crippen LogP contribution >= 0.6 is 0 Å². The summed E-state index contributed by atoms with van der Waals surface area (Å²) in [5, 5.41) is 11.7. The van der Waals surface area contributed by atoms with Crippen molar-refractivity contribution >= 4 is 11.6 Å². The predicted molar refractivity (Wildman–Crippen MR) is 102 cm³/mol. The lowest BCUT2D eigenvalue weighted by molar-refractivity contribution is -0.945. The van der Waals surface area contributed by atoms with Gasteiger partial charge in [-0.15, -0.1) is 5.10 Å². The Morgan fingerprint density at radius 3 is 2.85 bits per heavy atom. The second-order valence-corrected chi connectivity index (χ2v) is 8.37. The molecule has 0 spiro atoms. The van der Waals surface area contributed by atoms with Gasteiger partial charge >= 0.3 is 0 Å². The van der Waals surface area contributed by atoms with E-state index in [0.717, 1.165) is 50.4 Å². The Kier molecular flexibility index (Phi) is 5.22. The molecule has 2 bridgehead atoms. The Morgan fingerprint density at radius 2 is 2.15 bits per heavy atom. The molecule has 1 aromatic carbocycles. The number of hydrogen-bond acceptors (Lipinski definition) is 3. The van der Waals surface area contributed by atoms with Crippen LogP contribution in [0.5, 0.6) is 0 Å². The van der Waals surface area contributed by atoms with Crippen molar-refractivity contribution in [2.24, 2.45) is 11.8 Å². The summed E-state index contributed by atoms with van der Waals surface area (Å²) < 4.78 is 2.00. The molecule has 27 heavy (non-hydrogen) atoms. The number of nitrogens with zero attached hydrogens (tertiary/aromatic N) is 3. The fourth-order valence-electron chi connectivity index (χ4n) is 4.67. The monoisotopic (exact) mass is 370 g/mol. The van der Waals surface area contributed by atoms with E-state index in [2.05, 4.69) is 35.9 Å². The number of carbonyl (C=O) groups is 1. The number of quaternary nitrogens is 2. The zero-order chi connectivity index (χ0) is 18.8. The first-order valence-electron chi connectivity index (χ1n) is 9.97. The summed E-state index contributed by atoms with van der Waals surface area (Å²) in [7, 11) is 4.24. The van der Waals surface area contributed by atoms with Gasteiger partial charge in [0.25, 0.3) is 0 Å². The van der Waals surface area contributed by atoms with Crippen LogP contribution < -0.4 is 15.1 Å². The van der Waals surface area contributed by atoms with E-state index in [1.54, 1.807) is 4.90 Å². The molecular formula is C20H30N6O+2. The van der Waals surface area contributed by atoms with Crippen LogP contribution in [-0.4, -0.2) is 54.1 Å². The normalized spacial score (nSPS) is 27.1. The molecule has 3 aliphatic rings. The van der Waals surface area contributed by atoms with Gasteiger partial charge in [-0.05, 0) is 18.1 Å². The van der Waals surface area contributed by atoms with Crippen molar-refractivity contribution in [3.05, 3.63) is 42.2 Å². The molecule has 4 heterocycles. The highest BCUT2D eigenvalue weighted by atomic mass is 16.2. The maximum Gasteiger partial charge on any atom is 0.233 e. The molecule has 1 aromatic heterocycles. The Balaban J connectivity index is 1.36. The average molecular weight is 371 g/mol. The Morgan fingerprint density at radius 1 is 1.33 bits per heavy atom. The Bertz CT molecular complexity index is 774. The minimum atomic E-state index is 0.119. The van der Waals surface area contributed by atoms with Crippen molar-refractivity contribution in [3.63, 3.8) is 0 Å². The second-order valence-electron chi connectivity index (χ2n) is 8.37. The van der Waals surface area contributed by atoms with Crippen LogP contribution in [0.3, 0.4) is 0 Å². The summed E-state index contributed by atoms with van der Waals surface area (Å²) >= 11 is 0. The van der Waals surface area contributed by atoms with Crippen LogP contribution in [0.4, 0.5) is 5.69 Å². The quantitative estimate of drug-likeness (QED) is 0.602. The molecule has 5 rings (SSSR count). The van der Waals surface area contributed by atoms with E-state index < -0.39 is 0 Å². The molecule has 2 aromatic rings. The minimum Gasteiger partial charge on any atom is -0.335 e. The topological polar surface area (TPSA) is 68.7 Å². The maximum atomic E-state index is 12.8. The van der Waals surface area contributed by atoms with Gasteiger partial charge in [-0.25, -0.2) is 4.68 Å². The van der Waals surface area contributed by atoms with E-state index in [4.69, 9.17) is 0 Å². The molecule has 7 heteroatoms. The average Bonchev–Trinajstić information content (AvgIpc) is 3.09. The molecule has 7 nitrogen and oxygen atoms in total. The maximum absolute atomic E-state index is 12.8. The lowest BCUT2D eigenvalue weighted by atomic mass is 9.75. The number of piperidine rings is 3. The van der Waals surface area contributed by atoms with Crippen molar-refractivity contribution in [1.29, 1.82) is 0 Å². The fraction of sp³-hybridized carbons (Fsp3) is 0.550. The lowest BCUT2D eigenvalue weighted by Gasteiger charge is -2.46. The first kappa shape index (κ1) is 18.1. The number of fused-ring (bicyclic) bond motifs is 3. The zero-order valence-electron chi connectivity index (χ0n) is 16.2. The number of para-hydroxylation sites is 1. The highest BCUT2D eigenvalue weighted by Gasteiger charge is 2.46. The molecule has 0 saturated carbocycles. The number of aromatic nitrogens is 3. The zero-order valence-corrected chi connectivity index (χ0v) is 16.2. The van der Waals surface area contributed by atoms with Crippen LogP contribution in [0.2, 0.25) is 0 Å². The van der Waals surface area contributed by atoms with Crippen molar-refractivity contribution in [3.8, 4) is 0 Å². The van der Waals surface area contributed by atoms with Crippen molar-refractivity contribution in [2.45, 2.75) is 32.0 Å². The molecule has 0 aliphatic carbocycles. The van der Waals surface area contributed by atoms with Gasteiger partial charge in [0.15, 0.2) is 0 Å². The van der Waals surface area contributed by atoms with Gasteiger partial charge in [0, 0.05) is 18.5 Å². The summed E-state index contributed by atoms with van der Waals surface area (Å²) in [4.78, 5) is 15.7. The standard InChI is InChI=1S/C20H28N6O/c1-24(2)11-17-12-26(23-22-17)13-18-10-15-8-9-25(18)14-19(15)20(27)21-16-6-4-3-5-7-16/h3-7,12,15,18-19H,8-11,13-14H2,1-2H3,(H,21,27)/p+2/t15-,18-,19+/m1/s1. The van der Waals surface area contributed by atoms with Crippen molar-refractivity contribution < 1.29 is 14.6 Å². The molecule has 3 saturated heterocycles. The van der Waals surface area contributed by atoms with Gasteiger partial charge in [-0.3, -0.25) is 4.79 Å². The van der Waals surface area contributed by atoms with Crippen LogP contribution in [0.25, 0.3) is 0 Å². The van der Waals surface area contributed by atoms with Crippen LogP contribution in [0, 0.1) is 11.8 Å². The molecule has 3 fully saturated rings. The van der Waals surface area contributed by atoms with Crippen LogP contribution in [0.15, 0.2) is 36.5 Å².